The van der Waals surface area contributed by atoms with E-state index in [1.807, 2.05) is 0 Å². The maximum absolute atomic E-state index is 13.2. The van der Waals surface area contributed by atoms with Gasteiger partial charge in [-0.2, -0.15) is 13.2 Å². The highest BCUT2D eigenvalue weighted by Crippen LogP contribution is 2.24. The van der Waals surface area contributed by atoms with Crippen LogP contribution in [-0.2, 0) is 0 Å². The molecule has 0 bridgehead atoms. The zero-order valence-corrected chi connectivity index (χ0v) is 13.3. The molecule has 0 heterocycles. The first-order valence-electron chi connectivity index (χ1n) is 6.52. The standard InChI is InChI=1S/C14H16BrF4NO/c1-3-10(4-2)20(8-14(17,18)19)13(21)9-5-6-12(16)11(15)7-9/h5-7,10H,3-4,8H2,1-2H3. The smallest absolute Gasteiger partial charge is 0.327 e. The summed E-state index contributed by atoms with van der Waals surface area (Å²) in [6, 6.07) is 2.93. The first-order chi connectivity index (χ1) is 9.69. The Labute approximate surface area is 129 Å². The molecule has 0 unspecified atom stereocenters. The fourth-order valence-corrected chi connectivity index (χ4v) is 2.46. The van der Waals surface area contributed by atoms with Gasteiger partial charge in [-0.3, -0.25) is 4.79 Å². The first kappa shape index (κ1) is 17.9. The lowest BCUT2D eigenvalue weighted by Gasteiger charge is -2.31. The van der Waals surface area contributed by atoms with Gasteiger partial charge in [-0.05, 0) is 47.0 Å². The van der Waals surface area contributed by atoms with Crippen molar-refractivity contribution in [1.29, 1.82) is 0 Å². The molecule has 118 valence electrons. The number of amides is 1. The predicted octanol–water partition coefficient (Wildman–Crippen LogP) is 4.78. The van der Waals surface area contributed by atoms with E-state index >= 15 is 0 Å². The van der Waals surface area contributed by atoms with Gasteiger partial charge in [-0.15, -0.1) is 0 Å². The van der Waals surface area contributed by atoms with E-state index in [9.17, 15) is 22.4 Å². The normalized spacial score (nSPS) is 11.8. The Kier molecular flexibility index (Phi) is 6.19. The number of rotatable bonds is 5. The number of hydrogen-bond acceptors (Lipinski definition) is 1. The Morgan fingerprint density at radius 1 is 1.29 bits per heavy atom. The van der Waals surface area contributed by atoms with Gasteiger partial charge in [0.1, 0.15) is 12.4 Å². The summed E-state index contributed by atoms with van der Waals surface area (Å²) in [5, 5.41) is 0. The van der Waals surface area contributed by atoms with Gasteiger partial charge in [-0.1, -0.05) is 13.8 Å². The topological polar surface area (TPSA) is 20.3 Å². The van der Waals surface area contributed by atoms with Crippen LogP contribution in [0.25, 0.3) is 0 Å². The summed E-state index contributed by atoms with van der Waals surface area (Å²) in [6.45, 7) is 2.14. The molecule has 0 N–H and O–H groups in total. The van der Waals surface area contributed by atoms with Crippen molar-refractivity contribution in [2.45, 2.75) is 38.9 Å². The molecule has 7 heteroatoms. The van der Waals surface area contributed by atoms with Crippen molar-refractivity contribution in [3.63, 3.8) is 0 Å². The number of hydrogen-bond donors (Lipinski definition) is 0. The third-order valence-electron chi connectivity index (χ3n) is 3.16. The lowest BCUT2D eigenvalue weighted by atomic mass is 10.1. The zero-order chi connectivity index (χ0) is 16.2. The number of carbonyl (C=O) groups is 1. The van der Waals surface area contributed by atoms with Crippen LogP contribution < -0.4 is 0 Å². The molecular formula is C14H16BrF4NO. The minimum atomic E-state index is -4.48. The van der Waals surface area contributed by atoms with Crippen molar-refractivity contribution in [3.05, 3.63) is 34.1 Å². The van der Waals surface area contributed by atoms with E-state index in [0.29, 0.717) is 12.8 Å². The summed E-state index contributed by atoms with van der Waals surface area (Å²) in [4.78, 5) is 13.1. The molecule has 1 amide bonds. The molecule has 1 aromatic carbocycles. The van der Waals surface area contributed by atoms with Crippen molar-refractivity contribution in [2.24, 2.45) is 0 Å². The molecule has 0 aliphatic carbocycles. The average molecular weight is 370 g/mol. The SMILES string of the molecule is CCC(CC)N(CC(F)(F)F)C(=O)c1ccc(F)c(Br)c1. The summed E-state index contributed by atoms with van der Waals surface area (Å²) in [5.41, 5.74) is 0.0272. The van der Waals surface area contributed by atoms with E-state index in [1.54, 1.807) is 13.8 Å². The van der Waals surface area contributed by atoms with Gasteiger partial charge < -0.3 is 4.90 Å². The highest BCUT2D eigenvalue weighted by atomic mass is 79.9. The number of halogens is 5. The Morgan fingerprint density at radius 3 is 2.29 bits per heavy atom. The summed E-state index contributed by atoms with van der Waals surface area (Å²) in [7, 11) is 0. The van der Waals surface area contributed by atoms with Crippen molar-refractivity contribution >= 4 is 21.8 Å². The molecular weight excluding hydrogens is 354 g/mol. The largest absolute Gasteiger partial charge is 0.406 e. The van der Waals surface area contributed by atoms with Crippen molar-refractivity contribution in [1.82, 2.24) is 4.90 Å². The van der Waals surface area contributed by atoms with E-state index in [0.717, 1.165) is 11.0 Å². The van der Waals surface area contributed by atoms with Gasteiger partial charge in [0, 0.05) is 11.6 Å². The quantitative estimate of drug-likeness (QED) is 0.683. The summed E-state index contributed by atoms with van der Waals surface area (Å²) in [5.74, 6) is -1.32. The molecule has 0 aliphatic rings. The number of nitrogens with zero attached hydrogens (tertiary/aromatic N) is 1. The van der Waals surface area contributed by atoms with E-state index < -0.39 is 30.5 Å². The van der Waals surface area contributed by atoms with Crippen LogP contribution in [-0.4, -0.2) is 29.6 Å². The maximum Gasteiger partial charge on any atom is 0.406 e. The fraction of sp³-hybridized carbons (Fsp3) is 0.500. The van der Waals surface area contributed by atoms with Gasteiger partial charge in [0.25, 0.3) is 5.91 Å². The minimum Gasteiger partial charge on any atom is -0.327 e. The summed E-state index contributed by atoms with van der Waals surface area (Å²) in [6.07, 6.45) is -3.64. The Morgan fingerprint density at radius 2 is 1.86 bits per heavy atom. The highest BCUT2D eigenvalue weighted by molar-refractivity contribution is 9.10. The van der Waals surface area contributed by atoms with Crippen molar-refractivity contribution in [3.8, 4) is 0 Å². The molecule has 0 saturated heterocycles. The van der Waals surface area contributed by atoms with Gasteiger partial charge in [-0.25, -0.2) is 4.39 Å². The van der Waals surface area contributed by atoms with Crippen LogP contribution in [0.2, 0.25) is 0 Å². The molecule has 2 nitrogen and oxygen atoms in total. The van der Waals surface area contributed by atoms with Gasteiger partial charge >= 0.3 is 6.18 Å². The van der Waals surface area contributed by atoms with Crippen LogP contribution in [0.4, 0.5) is 17.6 Å². The second-order valence-electron chi connectivity index (χ2n) is 4.65. The number of carbonyl (C=O) groups excluding carboxylic acids is 1. The number of alkyl halides is 3. The molecule has 0 spiro atoms. The third-order valence-corrected chi connectivity index (χ3v) is 3.77. The lowest BCUT2D eigenvalue weighted by molar-refractivity contribution is -0.144. The number of benzene rings is 1. The monoisotopic (exact) mass is 369 g/mol. The summed E-state index contributed by atoms with van der Waals surface area (Å²) >= 11 is 2.93. The second-order valence-corrected chi connectivity index (χ2v) is 5.50. The van der Waals surface area contributed by atoms with Gasteiger partial charge in [0.2, 0.25) is 0 Å². The maximum atomic E-state index is 13.2. The van der Waals surface area contributed by atoms with Crippen molar-refractivity contribution < 1.29 is 22.4 Å². The molecule has 1 aromatic rings. The summed E-state index contributed by atoms with van der Waals surface area (Å²) < 4.78 is 51.3. The first-order valence-corrected chi connectivity index (χ1v) is 7.31. The molecule has 21 heavy (non-hydrogen) atoms. The Balaban J connectivity index is 3.11. The van der Waals surface area contributed by atoms with Crippen LogP contribution in [0.1, 0.15) is 37.0 Å². The van der Waals surface area contributed by atoms with Crippen LogP contribution in [0.15, 0.2) is 22.7 Å². The van der Waals surface area contributed by atoms with E-state index in [2.05, 4.69) is 15.9 Å². The van der Waals surface area contributed by atoms with E-state index in [4.69, 9.17) is 0 Å². The average Bonchev–Trinajstić information content (AvgIpc) is 2.40. The van der Waals surface area contributed by atoms with Crippen molar-refractivity contribution in [2.75, 3.05) is 6.54 Å². The van der Waals surface area contributed by atoms with Crippen LogP contribution >= 0.6 is 15.9 Å². The lowest BCUT2D eigenvalue weighted by Crippen LogP contribution is -2.45. The van der Waals surface area contributed by atoms with Crippen LogP contribution in [0.3, 0.4) is 0 Å². The van der Waals surface area contributed by atoms with E-state index in [-0.39, 0.29) is 10.0 Å². The second kappa shape index (κ2) is 7.24. The molecule has 0 aliphatic heterocycles. The third kappa shape index (κ3) is 4.98. The highest BCUT2D eigenvalue weighted by Gasteiger charge is 2.36. The fourth-order valence-electron chi connectivity index (χ4n) is 2.08. The predicted molar refractivity (Wildman–Crippen MR) is 75.6 cm³/mol. The molecule has 0 radical (unpaired) electrons. The minimum absolute atomic E-state index is 0.0272. The van der Waals surface area contributed by atoms with Crippen LogP contribution in [0, 0.1) is 5.82 Å². The Bertz CT molecular complexity index is 500. The van der Waals surface area contributed by atoms with Crippen LogP contribution in [0.5, 0.6) is 0 Å². The molecule has 0 atom stereocenters. The molecule has 1 rings (SSSR count). The molecule has 0 saturated carbocycles. The molecule has 0 aromatic heterocycles. The van der Waals surface area contributed by atoms with Gasteiger partial charge in [0.15, 0.2) is 0 Å². The van der Waals surface area contributed by atoms with E-state index in [1.165, 1.54) is 12.1 Å². The molecule has 0 fully saturated rings. The zero-order valence-electron chi connectivity index (χ0n) is 11.7. The van der Waals surface area contributed by atoms with Gasteiger partial charge in [0.05, 0.1) is 4.47 Å². The Hall–Kier alpha value is -1.11.